The molecule has 0 fully saturated rings. The molecule has 2 nitrogen and oxygen atoms in total. The molecule has 0 aliphatic heterocycles. The average Bonchev–Trinajstić information content (AvgIpc) is 1.83. The van der Waals surface area contributed by atoms with Crippen molar-refractivity contribution in [2.45, 2.75) is 13.3 Å². The summed E-state index contributed by atoms with van der Waals surface area (Å²) in [5, 5.41) is 10.8. The van der Waals surface area contributed by atoms with E-state index in [1.54, 1.807) is 6.08 Å². The lowest BCUT2D eigenvalue weighted by atomic mass is 10.4. The summed E-state index contributed by atoms with van der Waals surface area (Å²) in [6.45, 7) is 6.72. The quantitative estimate of drug-likeness (QED) is 0.404. The molecule has 0 aromatic carbocycles. The van der Waals surface area contributed by atoms with E-state index in [1.807, 2.05) is 6.92 Å². The van der Waals surface area contributed by atoms with Gasteiger partial charge in [0, 0.05) is 6.42 Å². The summed E-state index contributed by atoms with van der Waals surface area (Å²) in [6, 6.07) is 0. The van der Waals surface area contributed by atoms with Gasteiger partial charge in [0.2, 0.25) is 0 Å². The van der Waals surface area contributed by atoms with Crippen LogP contribution >= 0.6 is 0 Å². The second-order valence-corrected chi connectivity index (χ2v) is 1.72. The van der Waals surface area contributed by atoms with Crippen LogP contribution in [0.3, 0.4) is 0 Å². The summed E-state index contributed by atoms with van der Waals surface area (Å²) in [7, 11) is 0. The maximum Gasteiger partial charge on any atom is 0.0803 e. The van der Waals surface area contributed by atoms with Crippen LogP contribution in [0, 0.1) is 5.21 Å². The Hall–Kier alpha value is -0.340. The van der Waals surface area contributed by atoms with Crippen LogP contribution in [0.1, 0.15) is 13.3 Å². The molecule has 0 amide bonds. The van der Waals surface area contributed by atoms with E-state index in [-0.39, 0.29) is 0 Å². The molecule has 48 valence electrons. The molecule has 0 heterocycles. The third-order valence-corrected chi connectivity index (χ3v) is 1.02. The van der Waals surface area contributed by atoms with E-state index in [9.17, 15) is 5.21 Å². The Labute approximate surface area is 50.4 Å². The summed E-state index contributed by atoms with van der Waals surface area (Å²) in [5.41, 5.74) is 0. The highest BCUT2D eigenvalue weighted by Crippen LogP contribution is 1.68. The van der Waals surface area contributed by atoms with Crippen LogP contribution in [-0.4, -0.2) is 13.1 Å². The standard InChI is InChI=1S/C6H13NO/c1-3-5-6-7(8)4-2/h3,7H,1,4-6H2,2H3. The molecule has 1 atom stereocenters. The van der Waals surface area contributed by atoms with Gasteiger partial charge in [-0.25, -0.2) is 0 Å². The van der Waals surface area contributed by atoms with Crippen LogP contribution in [0.4, 0.5) is 0 Å². The number of hydrogen-bond donors (Lipinski definition) is 1. The molecular formula is C6H13NO. The maximum atomic E-state index is 10.5. The van der Waals surface area contributed by atoms with Gasteiger partial charge >= 0.3 is 0 Å². The van der Waals surface area contributed by atoms with Crippen molar-refractivity contribution in [1.82, 2.24) is 0 Å². The maximum absolute atomic E-state index is 10.5. The molecule has 0 spiro atoms. The molecule has 0 rings (SSSR count). The summed E-state index contributed by atoms with van der Waals surface area (Å²) in [6.07, 6.45) is 2.60. The van der Waals surface area contributed by atoms with Gasteiger partial charge in [-0.15, -0.1) is 6.58 Å². The summed E-state index contributed by atoms with van der Waals surface area (Å²) < 4.78 is 0. The van der Waals surface area contributed by atoms with Gasteiger partial charge in [0.15, 0.2) is 0 Å². The van der Waals surface area contributed by atoms with Crippen molar-refractivity contribution in [2.24, 2.45) is 0 Å². The Kier molecular flexibility index (Phi) is 4.61. The molecule has 0 saturated heterocycles. The number of hydroxylamine groups is 2. The second kappa shape index (κ2) is 4.81. The van der Waals surface area contributed by atoms with Crippen molar-refractivity contribution in [3.8, 4) is 0 Å². The van der Waals surface area contributed by atoms with Gasteiger partial charge < -0.3 is 10.3 Å². The smallest absolute Gasteiger partial charge is 0.0803 e. The minimum atomic E-state index is 0.324. The van der Waals surface area contributed by atoms with Gasteiger partial charge in [0.1, 0.15) is 0 Å². The van der Waals surface area contributed by atoms with Crippen molar-refractivity contribution < 1.29 is 5.06 Å². The lowest BCUT2D eigenvalue weighted by Gasteiger charge is -2.18. The zero-order valence-corrected chi connectivity index (χ0v) is 5.31. The van der Waals surface area contributed by atoms with Gasteiger partial charge in [-0.1, -0.05) is 6.08 Å². The highest BCUT2D eigenvalue weighted by Gasteiger charge is 1.86. The largest absolute Gasteiger partial charge is 0.634 e. The fraction of sp³-hybridized carbons (Fsp3) is 0.667. The lowest BCUT2D eigenvalue weighted by Crippen LogP contribution is -3.06. The first-order valence-electron chi connectivity index (χ1n) is 2.93. The van der Waals surface area contributed by atoms with E-state index >= 15 is 0 Å². The predicted octanol–water partition coefficient (Wildman–Crippen LogP) is -0.0349. The summed E-state index contributed by atoms with van der Waals surface area (Å²) in [4.78, 5) is 0. The van der Waals surface area contributed by atoms with Crippen LogP contribution in [0.5, 0.6) is 0 Å². The molecule has 1 N–H and O–H groups in total. The van der Waals surface area contributed by atoms with Crippen molar-refractivity contribution in [3.05, 3.63) is 17.9 Å². The van der Waals surface area contributed by atoms with Crippen molar-refractivity contribution in [2.75, 3.05) is 13.1 Å². The molecule has 0 aromatic rings. The fourth-order valence-corrected chi connectivity index (χ4v) is 0.440. The third kappa shape index (κ3) is 3.84. The molecule has 0 saturated carbocycles. The Balaban J connectivity index is 2.97. The molecule has 1 unspecified atom stereocenters. The van der Waals surface area contributed by atoms with E-state index in [1.165, 1.54) is 0 Å². The van der Waals surface area contributed by atoms with E-state index in [0.29, 0.717) is 18.2 Å². The first-order valence-corrected chi connectivity index (χ1v) is 2.93. The molecule has 0 aliphatic rings. The van der Waals surface area contributed by atoms with Gasteiger partial charge in [0.05, 0.1) is 13.1 Å². The van der Waals surface area contributed by atoms with E-state index in [2.05, 4.69) is 6.58 Å². The van der Waals surface area contributed by atoms with Crippen molar-refractivity contribution >= 4 is 0 Å². The zero-order chi connectivity index (χ0) is 6.41. The van der Waals surface area contributed by atoms with E-state index in [0.717, 1.165) is 6.42 Å². The fourth-order valence-electron chi connectivity index (χ4n) is 0.440. The summed E-state index contributed by atoms with van der Waals surface area (Å²) >= 11 is 0. The normalized spacial score (nSPS) is 13.2. The highest BCUT2D eigenvalue weighted by molar-refractivity contribution is 4.63. The van der Waals surface area contributed by atoms with Gasteiger partial charge in [-0.2, -0.15) is 0 Å². The number of rotatable bonds is 4. The van der Waals surface area contributed by atoms with E-state index in [4.69, 9.17) is 0 Å². The lowest BCUT2D eigenvalue weighted by molar-refractivity contribution is -0.845. The average molecular weight is 115 g/mol. The third-order valence-electron chi connectivity index (χ3n) is 1.02. The van der Waals surface area contributed by atoms with Gasteiger partial charge in [-0.05, 0) is 6.92 Å². The van der Waals surface area contributed by atoms with Gasteiger partial charge in [0.25, 0.3) is 0 Å². The SMILES string of the molecule is C=CCC[NH+]([O-])CC. The minimum absolute atomic E-state index is 0.324. The molecule has 2 heteroatoms. The van der Waals surface area contributed by atoms with E-state index < -0.39 is 0 Å². The highest BCUT2D eigenvalue weighted by atomic mass is 16.5. The van der Waals surface area contributed by atoms with Crippen molar-refractivity contribution in [1.29, 1.82) is 0 Å². The molecule has 0 radical (unpaired) electrons. The number of hydrogen-bond acceptors (Lipinski definition) is 1. The van der Waals surface area contributed by atoms with Gasteiger partial charge in [-0.3, -0.25) is 0 Å². The Bertz CT molecular complexity index is 63.5. The molecule has 0 aromatic heterocycles. The molecule has 0 aliphatic carbocycles. The topological polar surface area (TPSA) is 27.5 Å². The minimum Gasteiger partial charge on any atom is -0.634 e. The predicted molar refractivity (Wildman–Crippen MR) is 34.6 cm³/mol. The molecule has 0 bridgehead atoms. The van der Waals surface area contributed by atoms with Crippen LogP contribution in [0.2, 0.25) is 0 Å². The Morgan fingerprint density at radius 3 is 2.75 bits per heavy atom. The summed E-state index contributed by atoms with van der Waals surface area (Å²) in [5.74, 6) is 0. The number of nitrogens with one attached hydrogen (secondary N) is 1. The molecular weight excluding hydrogens is 102 g/mol. The van der Waals surface area contributed by atoms with Crippen LogP contribution in [0.15, 0.2) is 12.7 Å². The van der Waals surface area contributed by atoms with Crippen LogP contribution in [0.25, 0.3) is 0 Å². The Morgan fingerprint density at radius 2 is 2.38 bits per heavy atom. The molecule has 8 heavy (non-hydrogen) atoms. The first-order chi connectivity index (χ1) is 3.81. The van der Waals surface area contributed by atoms with Crippen LogP contribution < -0.4 is 5.06 Å². The zero-order valence-electron chi connectivity index (χ0n) is 5.31. The van der Waals surface area contributed by atoms with Crippen molar-refractivity contribution in [3.63, 3.8) is 0 Å². The van der Waals surface area contributed by atoms with Crippen LogP contribution in [-0.2, 0) is 0 Å². The Morgan fingerprint density at radius 1 is 1.75 bits per heavy atom. The second-order valence-electron chi connectivity index (χ2n) is 1.72. The number of quaternary nitrogens is 1. The first kappa shape index (κ1) is 7.66. The monoisotopic (exact) mass is 115 g/mol.